The van der Waals surface area contributed by atoms with Crippen molar-refractivity contribution in [3.8, 4) is 0 Å². The smallest absolute Gasteiger partial charge is 0.244 e. The first-order chi connectivity index (χ1) is 11.3. The Labute approximate surface area is 138 Å². The molecule has 2 nitrogen and oxygen atoms in total. The molecule has 1 amide bonds. The summed E-state index contributed by atoms with van der Waals surface area (Å²) >= 11 is 0. The SMILES string of the molecule is O=C(C=Cc1ccccc1)NCC1(c2ccccc2)CCCC1. The number of carbonyl (C=O) groups is 1. The summed E-state index contributed by atoms with van der Waals surface area (Å²) in [6.45, 7) is 0.717. The lowest BCUT2D eigenvalue weighted by molar-refractivity contribution is -0.116. The van der Waals surface area contributed by atoms with E-state index >= 15 is 0 Å². The van der Waals surface area contributed by atoms with E-state index in [0.29, 0.717) is 0 Å². The number of hydrogen-bond donors (Lipinski definition) is 1. The third-order valence-corrected chi connectivity index (χ3v) is 4.77. The highest BCUT2D eigenvalue weighted by molar-refractivity contribution is 5.91. The van der Waals surface area contributed by atoms with Crippen LogP contribution in [0.2, 0.25) is 0 Å². The summed E-state index contributed by atoms with van der Waals surface area (Å²) in [6, 6.07) is 20.5. The van der Waals surface area contributed by atoms with Gasteiger partial charge in [0.1, 0.15) is 0 Å². The minimum absolute atomic E-state index is 0.0175. The maximum Gasteiger partial charge on any atom is 0.244 e. The molecule has 2 aromatic rings. The van der Waals surface area contributed by atoms with Crippen LogP contribution in [0, 0.1) is 0 Å². The monoisotopic (exact) mass is 305 g/mol. The van der Waals surface area contributed by atoms with E-state index in [9.17, 15) is 4.79 Å². The van der Waals surface area contributed by atoms with Gasteiger partial charge in [0, 0.05) is 18.0 Å². The molecule has 118 valence electrons. The van der Waals surface area contributed by atoms with Crippen LogP contribution in [0.25, 0.3) is 6.08 Å². The number of hydrogen-bond acceptors (Lipinski definition) is 1. The molecule has 0 radical (unpaired) electrons. The lowest BCUT2D eigenvalue weighted by atomic mass is 9.79. The third kappa shape index (κ3) is 3.89. The van der Waals surface area contributed by atoms with Gasteiger partial charge in [0.25, 0.3) is 0 Å². The molecule has 0 saturated heterocycles. The molecule has 0 unspecified atom stereocenters. The van der Waals surface area contributed by atoms with Gasteiger partial charge in [-0.05, 0) is 30.0 Å². The molecule has 2 heteroatoms. The van der Waals surface area contributed by atoms with Gasteiger partial charge in [0.15, 0.2) is 0 Å². The highest BCUT2D eigenvalue weighted by atomic mass is 16.1. The van der Waals surface area contributed by atoms with E-state index in [1.165, 1.54) is 18.4 Å². The predicted octanol–water partition coefficient (Wildman–Crippen LogP) is 4.33. The van der Waals surface area contributed by atoms with Crippen LogP contribution in [0.1, 0.15) is 36.8 Å². The van der Waals surface area contributed by atoms with E-state index in [0.717, 1.165) is 24.9 Å². The largest absolute Gasteiger partial charge is 0.352 e. The molecule has 23 heavy (non-hydrogen) atoms. The Bertz CT molecular complexity index is 655. The fourth-order valence-corrected chi connectivity index (χ4v) is 3.46. The van der Waals surface area contributed by atoms with Crippen molar-refractivity contribution in [3.63, 3.8) is 0 Å². The maximum absolute atomic E-state index is 12.1. The number of benzene rings is 2. The maximum atomic E-state index is 12.1. The quantitative estimate of drug-likeness (QED) is 0.819. The van der Waals surface area contributed by atoms with E-state index in [2.05, 4.69) is 29.6 Å². The Kier molecular flexibility index (Phi) is 4.92. The Morgan fingerprint density at radius 3 is 2.22 bits per heavy atom. The summed E-state index contributed by atoms with van der Waals surface area (Å²) in [5.41, 5.74) is 2.50. The van der Waals surface area contributed by atoms with Crippen molar-refractivity contribution < 1.29 is 4.79 Å². The molecular weight excluding hydrogens is 282 g/mol. The molecule has 1 fully saturated rings. The van der Waals surface area contributed by atoms with Gasteiger partial charge >= 0.3 is 0 Å². The zero-order valence-electron chi connectivity index (χ0n) is 13.4. The summed E-state index contributed by atoms with van der Waals surface area (Å²) < 4.78 is 0. The molecule has 3 rings (SSSR count). The van der Waals surface area contributed by atoms with Crippen LogP contribution in [0.4, 0.5) is 0 Å². The first-order valence-corrected chi connectivity index (χ1v) is 8.35. The standard InChI is InChI=1S/C21H23NO/c23-20(14-13-18-9-3-1-4-10-18)22-17-21(15-7-8-16-21)19-11-5-2-6-12-19/h1-6,9-14H,7-8,15-17H2,(H,22,23). The molecule has 0 spiro atoms. The average Bonchev–Trinajstić information content (AvgIpc) is 3.10. The minimum Gasteiger partial charge on any atom is -0.352 e. The number of amides is 1. The Morgan fingerprint density at radius 2 is 1.57 bits per heavy atom. The lowest BCUT2D eigenvalue weighted by Gasteiger charge is -2.29. The second kappa shape index (κ2) is 7.28. The summed E-state index contributed by atoms with van der Waals surface area (Å²) in [6.07, 6.45) is 8.27. The molecule has 1 N–H and O–H groups in total. The van der Waals surface area contributed by atoms with Gasteiger partial charge < -0.3 is 5.32 Å². The highest BCUT2D eigenvalue weighted by Gasteiger charge is 2.35. The lowest BCUT2D eigenvalue weighted by Crippen LogP contribution is -2.38. The first kappa shape index (κ1) is 15.5. The van der Waals surface area contributed by atoms with Gasteiger partial charge in [-0.2, -0.15) is 0 Å². The van der Waals surface area contributed by atoms with Crippen molar-refractivity contribution in [1.82, 2.24) is 5.32 Å². The molecule has 1 saturated carbocycles. The third-order valence-electron chi connectivity index (χ3n) is 4.77. The summed E-state index contributed by atoms with van der Waals surface area (Å²) in [5.74, 6) is -0.0175. The van der Waals surface area contributed by atoms with Crippen LogP contribution in [0.5, 0.6) is 0 Å². The van der Waals surface area contributed by atoms with Gasteiger partial charge in [0.2, 0.25) is 5.91 Å². The Balaban J connectivity index is 1.64. The Morgan fingerprint density at radius 1 is 0.957 bits per heavy atom. The molecule has 1 aliphatic carbocycles. The zero-order chi connectivity index (χ0) is 16.0. The van der Waals surface area contributed by atoms with E-state index in [-0.39, 0.29) is 11.3 Å². The second-order valence-corrected chi connectivity index (χ2v) is 6.32. The summed E-state index contributed by atoms with van der Waals surface area (Å²) in [5, 5.41) is 3.11. The normalized spacial score (nSPS) is 16.5. The average molecular weight is 305 g/mol. The topological polar surface area (TPSA) is 29.1 Å². The number of carbonyl (C=O) groups excluding carboxylic acids is 1. The van der Waals surface area contributed by atoms with Gasteiger partial charge in [-0.25, -0.2) is 0 Å². The second-order valence-electron chi connectivity index (χ2n) is 6.32. The van der Waals surface area contributed by atoms with E-state index in [4.69, 9.17) is 0 Å². The van der Waals surface area contributed by atoms with Crippen LogP contribution in [0.15, 0.2) is 66.7 Å². The number of nitrogens with one attached hydrogen (secondary N) is 1. The van der Waals surface area contributed by atoms with Crippen molar-refractivity contribution in [3.05, 3.63) is 77.9 Å². The molecular formula is C21H23NO. The molecule has 0 bridgehead atoms. The fourth-order valence-electron chi connectivity index (χ4n) is 3.46. The molecule has 0 heterocycles. The van der Waals surface area contributed by atoms with Crippen molar-refractivity contribution in [2.45, 2.75) is 31.1 Å². The predicted molar refractivity (Wildman–Crippen MR) is 95.1 cm³/mol. The van der Waals surface area contributed by atoms with Crippen molar-refractivity contribution in [2.75, 3.05) is 6.54 Å². The molecule has 2 aromatic carbocycles. The molecule has 0 aromatic heterocycles. The first-order valence-electron chi connectivity index (χ1n) is 8.35. The van der Waals surface area contributed by atoms with E-state index < -0.39 is 0 Å². The van der Waals surface area contributed by atoms with Gasteiger partial charge in [-0.1, -0.05) is 73.5 Å². The van der Waals surface area contributed by atoms with Crippen LogP contribution in [-0.4, -0.2) is 12.5 Å². The molecule has 0 atom stereocenters. The van der Waals surface area contributed by atoms with E-state index in [1.807, 2.05) is 42.5 Å². The molecule has 1 aliphatic rings. The van der Waals surface area contributed by atoms with Crippen molar-refractivity contribution in [2.24, 2.45) is 0 Å². The van der Waals surface area contributed by atoms with Crippen molar-refractivity contribution >= 4 is 12.0 Å². The van der Waals surface area contributed by atoms with Crippen LogP contribution in [-0.2, 0) is 10.2 Å². The highest BCUT2D eigenvalue weighted by Crippen LogP contribution is 2.40. The summed E-state index contributed by atoms with van der Waals surface area (Å²) in [7, 11) is 0. The minimum atomic E-state index is -0.0175. The van der Waals surface area contributed by atoms with Crippen LogP contribution in [0.3, 0.4) is 0 Å². The molecule has 0 aliphatic heterocycles. The fraction of sp³-hybridized carbons (Fsp3) is 0.286. The van der Waals surface area contributed by atoms with Crippen LogP contribution < -0.4 is 5.32 Å². The van der Waals surface area contributed by atoms with Gasteiger partial charge in [-0.15, -0.1) is 0 Å². The van der Waals surface area contributed by atoms with E-state index in [1.54, 1.807) is 6.08 Å². The van der Waals surface area contributed by atoms with Gasteiger partial charge in [0.05, 0.1) is 0 Å². The zero-order valence-corrected chi connectivity index (χ0v) is 13.4. The Hall–Kier alpha value is -2.35. The van der Waals surface area contributed by atoms with Gasteiger partial charge in [-0.3, -0.25) is 4.79 Å². The summed E-state index contributed by atoms with van der Waals surface area (Å²) in [4.78, 5) is 12.1. The van der Waals surface area contributed by atoms with Crippen molar-refractivity contribution in [1.29, 1.82) is 0 Å². The number of rotatable bonds is 5. The van der Waals surface area contributed by atoms with Crippen LogP contribution >= 0.6 is 0 Å².